The Morgan fingerprint density at radius 1 is 1.20 bits per heavy atom. The lowest BCUT2D eigenvalue weighted by Crippen LogP contribution is -2.57. The van der Waals surface area contributed by atoms with Crippen LogP contribution in [0.25, 0.3) is 0 Å². The summed E-state index contributed by atoms with van der Waals surface area (Å²) in [5.74, 6) is 1.39. The Balaban J connectivity index is 1.46. The Morgan fingerprint density at radius 2 is 1.95 bits per heavy atom. The first-order valence-corrected chi connectivity index (χ1v) is 7.87. The molecule has 4 rings (SSSR count). The standard InChI is InChI=1S/C17H22N2O/c20-16-18-12-17(19(16)11-13-5-4-6-13)9-15(10-17)14-7-2-1-3-8-14/h1-3,7-8,13,15H,4-6,9-12H2,(H,18,20)/t15-,17+. The van der Waals surface area contributed by atoms with E-state index in [1.54, 1.807) is 0 Å². The number of amides is 2. The molecular formula is C17H22N2O. The van der Waals surface area contributed by atoms with Crippen molar-refractivity contribution in [1.82, 2.24) is 10.2 Å². The second kappa shape index (κ2) is 4.51. The monoisotopic (exact) mass is 270 g/mol. The van der Waals surface area contributed by atoms with E-state index in [9.17, 15) is 4.79 Å². The first-order chi connectivity index (χ1) is 9.77. The van der Waals surface area contributed by atoms with Crippen LogP contribution in [0.1, 0.15) is 43.6 Å². The number of carbonyl (C=O) groups is 1. The van der Waals surface area contributed by atoms with Crippen LogP contribution in [0.15, 0.2) is 30.3 Å². The quantitative estimate of drug-likeness (QED) is 0.899. The zero-order valence-electron chi connectivity index (χ0n) is 11.8. The van der Waals surface area contributed by atoms with E-state index in [1.165, 1.54) is 24.8 Å². The maximum atomic E-state index is 12.1. The molecule has 1 N–H and O–H groups in total. The van der Waals surface area contributed by atoms with Gasteiger partial charge in [-0.2, -0.15) is 0 Å². The molecule has 1 heterocycles. The van der Waals surface area contributed by atoms with Crippen LogP contribution in [-0.4, -0.2) is 29.6 Å². The van der Waals surface area contributed by atoms with Gasteiger partial charge in [0.15, 0.2) is 0 Å². The number of nitrogens with one attached hydrogen (secondary N) is 1. The Morgan fingerprint density at radius 3 is 2.60 bits per heavy atom. The number of hydrogen-bond donors (Lipinski definition) is 1. The third-order valence-corrected chi connectivity index (χ3v) is 5.58. The summed E-state index contributed by atoms with van der Waals surface area (Å²) in [7, 11) is 0. The molecule has 2 saturated carbocycles. The zero-order valence-corrected chi connectivity index (χ0v) is 11.8. The number of benzene rings is 1. The second-order valence-corrected chi connectivity index (χ2v) is 6.81. The summed E-state index contributed by atoms with van der Waals surface area (Å²) in [6, 6.07) is 10.9. The Hall–Kier alpha value is -1.51. The zero-order chi connectivity index (χ0) is 13.6. The molecule has 3 heteroatoms. The van der Waals surface area contributed by atoms with E-state index in [4.69, 9.17) is 0 Å². The van der Waals surface area contributed by atoms with Crippen molar-refractivity contribution in [3.63, 3.8) is 0 Å². The van der Waals surface area contributed by atoms with Gasteiger partial charge in [0.25, 0.3) is 0 Å². The molecule has 0 bridgehead atoms. The third kappa shape index (κ3) is 1.83. The smallest absolute Gasteiger partial charge is 0.318 e. The van der Waals surface area contributed by atoms with Crippen molar-refractivity contribution >= 4 is 6.03 Å². The molecule has 20 heavy (non-hydrogen) atoms. The molecule has 1 aromatic carbocycles. The summed E-state index contributed by atoms with van der Waals surface area (Å²) in [5, 5.41) is 3.07. The highest BCUT2D eigenvalue weighted by Crippen LogP contribution is 2.50. The first kappa shape index (κ1) is 12.2. The Bertz CT molecular complexity index is 503. The average Bonchev–Trinajstić information content (AvgIpc) is 2.70. The molecule has 0 aromatic heterocycles. The maximum absolute atomic E-state index is 12.1. The molecule has 0 radical (unpaired) electrons. The second-order valence-electron chi connectivity index (χ2n) is 6.81. The highest BCUT2D eigenvalue weighted by Gasteiger charge is 2.54. The normalized spacial score (nSPS) is 32.9. The van der Waals surface area contributed by atoms with Crippen LogP contribution in [0.3, 0.4) is 0 Å². The van der Waals surface area contributed by atoms with Crippen molar-refractivity contribution in [2.24, 2.45) is 5.92 Å². The van der Waals surface area contributed by atoms with Crippen molar-refractivity contribution in [1.29, 1.82) is 0 Å². The van der Waals surface area contributed by atoms with Gasteiger partial charge in [-0.1, -0.05) is 36.8 Å². The van der Waals surface area contributed by atoms with Crippen LogP contribution in [0.2, 0.25) is 0 Å². The molecule has 0 unspecified atom stereocenters. The van der Waals surface area contributed by atoms with Crippen LogP contribution in [0, 0.1) is 5.92 Å². The molecule has 2 amide bonds. The van der Waals surface area contributed by atoms with E-state index in [2.05, 4.69) is 40.5 Å². The Kier molecular flexibility index (Phi) is 2.76. The molecule has 1 aromatic rings. The van der Waals surface area contributed by atoms with E-state index in [0.29, 0.717) is 5.92 Å². The molecule has 1 aliphatic heterocycles. The lowest BCUT2D eigenvalue weighted by atomic mass is 9.65. The summed E-state index contributed by atoms with van der Waals surface area (Å²) in [5.41, 5.74) is 1.55. The molecule has 2 aliphatic carbocycles. The number of urea groups is 1. The highest BCUT2D eigenvalue weighted by molar-refractivity contribution is 5.78. The van der Waals surface area contributed by atoms with E-state index >= 15 is 0 Å². The molecule has 1 spiro atoms. The molecule has 1 saturated heterocycles. The number of carbonyl (C=O) groups excluding carboxylic acids is 1. The predicted molar refractivity (Wildman–Crippen MR) is 78.6 cm³/mol. The summed E-state index contributed by atoms with van der Waals surface area (Å²) >= 11 is 0. The van der Waals surface area contributed by atoms with Crippen LogP contribution in [0.4, 0.5) is 4.79 Å². The lowest BCUT2D eigenvalue weighted by Gasteiger charge is -2.51. The number of rotatable bonds is 3. The number of hydrogen-bond acceptors (Lipinski definition) is 1. The molecule has 3 nitrogen and oxygen atoms in total. The van der Waals surface area contributed by atoms with Crippen molar-refractivity contribution in [3.8, 4) is 0 Å². The Labute approximate surface area is 120 Å². The third-order valence-electron chi connectivity index (χ3n) is 5.58. The fourth-order valence-corrected chi connectivity index (χ4v) is 4.04. The van der Waals surface area contributed by atoms with Crippen molar-refractivity contribution in [2.75, 3.05) is 13.1 Å². The highest BCUT2D eigenvalue weighted by atomic mass is 16.2. The molecular weight excluding hydrogens is 248 g/mol. The predicted octanol–water partition coefficient (Wildman–Crippen LogP) is 3.13. The van der Waals surface area contributed by atoms with Gasteiger partial charge in [-0.15, -0.1) is 0 Å². The van der Waals surface area contributed by atoms with Gasteiger partial charge >= 0.3 is 6.03 Å². The summed E-state index contributed by atoms with van der Waals surface area (Å²) in [6.45, 7) is 1.83. The fourth-order valence-electron chi connectivity index (χ4n) is 4.04. The minimum absolute atomic E-state index is 0.118. The molecule has 106 valence electrons. The summed E-state index contributed by atoms with van der Waals surface area (Å²) in [4.78, 5) is 14.3. The average molecular weight is 270 g/mol. The maximum Gasteiger partial charge on any atom is 0.318 e. The van der Waals surface area contributed by atoms with E-state index < -0.39 is 0 Å². The molecule has 0 atom stereocenters. The van der Waals surface area contributed by atoms with Gasteiger partial charge in [-0.05, 0) is 43.1 Å². The van der Waals surface area contributed by atoms with Crippen LogP contribution in [-0.2, 0) is 0 Å². The van der Waals surface area contributed by atoms with Gasteiger partial charge in [0.05, 0.1) is 5.54 Å². The molecule has 3 aliphatic rings. The van der Waals surface area contributed by atoms with Crippen LogP contribution >= 0.6 is 0 Å². The van der Waals surface area contributed by atoms with E-state index in [0.717, 1.165) is 31.8 Å². The van der Waals surface area contributed by atoms with Crippen molar-refractivity contribution in [2.45, 2.75) is 43.6 Å². The van der Waals surface area contributed by atoms with Crippen molar-refractivity contribution < 1.29 is 4.79 Å². The van der Waals surface area contributed by atoms with Gasteiger partial charge < -0.3 is 10.2 Å². The minimum Gasteiger partial charge on any atom is -0.336 e. The van der Waals surface area contributed by atoms with Gasteiger partial charge in [0.1, 0.15) is 0 Å². The fraction of sp³-hybridized carbons (Fsp3) is 0.588. The largest absolute Gasteiger partial charge is 0.336 e. The van der Waals surface area contributed by atoms with Gasteiger partial charge in [-0.25, -0.2) is 4.79 Å². The SMILES string of the molecule is O=C1NC[C@]2(C[C@H](c3ccccc3)C2)N1CC1CCC1. The molecule has 3 fully saturated rings. The first-order valence-electron chi connectivity index (χ1n) is 7.87. The van der Waals surface area contributed by atoms with Gasteiger partial charge in [0.2, 0.25) is 0 Å². The van der Waals surface area contributed by atoms with Gasteiger partial charge in [0, 0.05) is 13.1 Å². The minimum atomic E-state index is 0.118. The van der Waals surface area contributed by atoms with Crippen LogP contribution < -0.4 is 5.32 Å². The van der Waals surface area contributed by atoms with E-state index in [1.807, 2.05) is 0 Å². The topological polar surface area (TPSA) is 32.3 Å². The van der Waals surface area contributed by atoms with Crippen LogP contribution in [0.5, 0.6) is 0 Å². The van der Waals surface area contributed by atoms with Crippen molar-refractivity contribution in [3.05, 3.63) is 35.9 Å². The summed E-state index contributed by atoms with van der Waals surface area (Å²) < 4.78 is 0. The van der Waals surface area contributed by atoms with Gasteiger partial charge in [-0.3, -0.25) is 0 Å². The lowest BCUT2D eigenvalue weighted by molar-refractivity contribution is 0.0449. The summed E-state index contributed by atoms with van der Waals surface area (Å²) in [6.07, 6.45) is 6.22. The number of nitrogens with zero attached hydrogens (tertiary/aromatic N) is 1. The van der Waals surface area contributed by atoms with E-state index in [-0.39, 0.29) is 11.6 Å².